The van der Waals surface area contributed by atoms with Crippen molar-refractivity contribution in [3.05, 3.63) is 59.4 Å². The number of rotatable bonds is 5. The molecule has 4 nitrogen and oxygen atoms in total. The number of carbonyl (C=O) groups excluding carboxylic acids is 1. The maximum Gasteiger partial charge on any atom is 0.262 e. The predicted octanol–water partition coefficient (Wildman–Crippen LogP) is 2.61. The molecule has 21 heavy (non-hydrogen) atoms. The number of amides is 1. The van der Waals surface area contributed by atoms with E-state index in [0.29, 0.717) is 17.8 Å². The fraction of sp³-hybridized carbons (Fsp3) is 0.188. The molecule has 0 atom stereocenters. The van der Waals surface area contributed by atoms with E-state index in [1.54, 1.807) is 37.3 Å². The lowest BCUT2D eigenvalue weighted by Gasteiger charge is -2.09. The lowest BCUT2D eigenvalue weighted by Crippen LogP contribution is -2.20. The first-order chi connectivity index (χ1) is 10.1. The van der Waals surface area contributed by atoms with Gasteiger partial charge in [0.15, 0.2) is 18.2 Å². The van der Waals surface area contributed by atoms with Crippen molar-refractivity contribution in [2.45, 2.75) is 13.5 Å². The van der Waals surface area contributed by atoms with Gasteiger partial charge in [0.25, 0.3) is 5.91 Å². The van der Waals surface area contributed by atoms with Crippen molar-refractivity contribution in [2.75, 3.05) is 11.9 Å². The fourth-order valence-electron chi connectivity index (χ4n) is 1.85. The third kappa shape index (κ3) is 4.03. The Morgan fingerprint density at radius 3 is 2.81 bits per heavy atom. The number of anilines is 1. The SMILES string of the molecule is Cc1cccc(OCC(=O)Nc2cccc(CN)c2)c1F. The molecule has 0 aliphatic heterocycles. The summed E-state index contributed by atoms with van der Waals surface area (Å²) in [5, 5.41) is 2.68. The molecule has 0 saturated carbocycles. The molecule has 2 rings (SSSR count). The monoisotopic (exact) mass is 288 g/mol. The van der Waals surface area contributed by atoms with Gasteiger partial charge < -0.3 is 15.8 Å². The highest BCUT2D eigenvalue weighted by Gasteiger charge is 2.09. The third-order valence-corrected chi connectivity index (χ3v) is 2.96. The van der Waals surface area contributed by atoms with Gasteiger partial charge in [-0.15, -0.1) is 0 Å². The van der Waals surface area contributed by atoms with Crippen LogP contribution in [0.25, 0.3) is 0 Å². The fourth-order valence-corrected chi connectivity index (χ4v) is 1.85. The summed E-state index contributed by atoms with van der Waals surface area (Å²) in [6, 6.07) is 12.0. The van der Waals surface area contributed by atoms with Crippen LogP contribution in [-0.4, -0.2) is 12.5 Å². The van der Waals surface area contributed by atoms with Crippen LogP contribution in [0.2, 0.25) is 0 Å². The molecule has 0 aliphatic rings. The Hall–Kier alpha value is -2.40. The Bertz CT molecular complexity index is 644. The predicted molar refractivity (Wildman–Crippen MR) is 79.6 cm³/mol. The number of aryl methyl sites for hydroxylation is 1. The van der Waals surface area contributed by atoms with Crippen LogP contribution >= 0.6 is 0 Å². The second kappa shape index (κ2) is 6.85. The van der Waals surface area contributed by atoms with E-state index in [2.05, 4.69) is 5.32 Å². The van der Waals surface area contributed by atoms with Gasteiger partial charge in [0.05, 0.1) is 0 Å². The standard InChI is InChI=1S/C16H17FN2O2/c1-11-4-2-7-14(16(11)17)21-10-15(20)19-13-6-3-5-12(8-13)9-18/h2-8H,9-10,18H2,1H3,(H,19,20). The minimum atomic E-state index is -0.449. The topological polar surface area (TPSA) is 64.3 Å². The maximum absolute atomic E-state index is 13.7. The summed E-state index contributed by atoms with van der Waals surface area (Å²) in [5.74, 6) is -0.735. The van der Waals surface area contributed by atoms with Gasteiger partial charge in [-0.3, -0.25) is 4.79 Å². The van der Waals surface area contributed by atoms with Crippen molar-refractivity contribution in [3.8, 4) is 5.75 Å². The van der Waals surface area contributed by atoms with Gasteiger partial charge >= 0.3 is 0 Å². The van der Waals surface area contributed by atoms with Crippen LogP contribution in [0, 0.1) is 12.7 Å². The van der Waals surface area contributed by atoms with Crippen molar-refractivity contribution in [1.29, 1.82) is 0 Å². The highest BCUT2D eigenvalue weighted by Crippen LogP contribution is 2.19. The van der Waals surface area contributed by atoms with Crippen LogP contribution < -0.4 is 15.8 Å². The third-order valence-electron chi connectivity index (χ3n) is 2.96. The number of halogens is 1. The van der Waals surface area contributed by atoms with E-state index < -0.39 is 5.82 Å². The van der Waals surface area contributed by atoms with E-state index in [1.165, 1.54) is 6.07 Å². The quantitative estimate of drug-likeness (QED) is 0.889. The number of benzene rings is 2. The molecule has 0 heterocycles. The maximum atomic E-state index is 13.7. The summed E-state index contributed by atoms with van der Waals surface area (Å²) in [7, 11) is 0. The molecule has 0 aliphatic carbocycles. The average Bonchev–Trinajstić information content (AvgIpc) is 2.49. The molecule has 0 spiro atoms. The number of nitrogens with two attached hydrogens (primary N) is 1. The summed E-state index contributed by atoms with van der Waals surface area (Å²) < 4.78 is 18.9. The van der Waals surface area contributed by atoms with Gasteiger partial charge in [-0.05, 0) is 36.2 Å². The van der Waals surface area contributed by atoms with Gasteiger partial charge in [0.1, 0.15) is 0 Å². The van der Waals surface area contributed by atoms with Crippen molar-refractivity contribution in [2.24, 2.45) is 5.73 Å². The molecule has 0 bridgehead atoms. The highest BCUT2D eigenvalue weighted by atomic mass is 19.1. The van der Waals surface area contributed by atoms with Crippen molar-refractivity contribution < 1.29 is 13.9 Å². The minimum Gasteiger partial charge on any atom is -0.481 e. The van der Waals surface area contributed by atoms with Crippen LogP contribution in [0.4, 0.5) is 10.1 Å². The first-order valence-electron chi connectivity index (χ1n) is 6.57. The summed E-state index contributed by atoms with van der Waals surface area (Å²) in [5.41, 5.74) is 7.56. The highest BCUT2D eigenvalue weighted by molar-refractivity contribution is 5.91. The first kappa shape index (κ1) is 15.0. The molecule has 5 heteroatoms. The minimum absolute atomic E-state index is 0.0702. The first-order valence-corrected chi connectivity index (χ1v) is 6.57. The number of ether oxygens (including phenoxy) is 1. The Morgan fingerprint density at radius 1 is 1.29 bits per heavy atom. The van der Waals surface area contributed by atoms with E-state index >= 15 is 0 Å². The molecule has 0 saturated heterocycles. The largest absolute Gasteiger partial charge is 0.481 e. The van der Waals surface area contributed by atoms with Crippen LogP contribution in [0.5, 0.6) is 5.75 Å². The van der Waals surface area contributed by atoms with Crippen LogP contribution in [-0.2, 0) is 11.3 Å². The second-order valence-electron chi connectivity index (χ2n) is 4.63. The Labute approximate surface area is 122 Å². The normalized spacial score (nSPS) is 10.2. The molecular formula is C16H17FN2O2. The molecule has 0 unspecified atom stereocenters. The Morgan fingerprint density at radius 2 is 2.05 bits per heavy atom. The molecule has 2 aromatic rings. The lowest BCUT2D eigenvalue weighted by molar-refractivity contribution is -0.118. The van der Waals surface area contributed by atoms with Crippen LogP contribution in [0.3, 0.4) is 0 Å². The number of hydrogen-bond acceptors (Lipinski definition) is 3. The van der Waals surface area contributed by atoms with Gasteiger partial charge in [-0.2, -0.15) is 0 Å². The zero-order chi connectivity index (χ0) is 15.2. The van der Waals surface area contributed by atoms with Gasteiger partial charge in [-0.1, -0.05) is 24.3 Å². The Balaban J connectivity index is 1.94. The zero-order valence-corrected chi connectivity index (χ0v) is 11.7. The number of nitrogens with one attached hydrogen (secondary N) is 1. The van der Waals surface area contributed by atoms with E-state index in [9.17, 15) is 9.18 Å². The van der Waals surface area contributed by atoms with E-state index in [0.717, 1.165) is 5.56 Å². The van der Waals surface area contributed by atoms with E-state index in [4.69, 9.17) is 10.5 Å². The molecule has 0 radical (unpaired) electrons. The smallest absolute Gasteiger partial charge is 0.262 e. The lowest BCUT2D eigenvalue weighted by atomic mass is 10.2. The average molecular weight is 288 g/mol. The summed E-state index contributed by atoms with van der Waals surface area (Å²) >= 11 is 0. The summed E-state index contributed by atoms with van der Waals surface area (Å²) in [6.07, 6.45) is 0. The number of carbonyl (C=O) groups is 1. The summed E-state index contributed by atoms with van der Waals surface area (Å²) in [6.45, 7) is 1.78. The van der Waals surface area contributed by atoms with E-state index in [1.807, 2.05) is 6.07 Å². The molecule has 0 aromatic heterocycles. The molecule has 3 N–H and O–H groups in total. The molecular weight excluding hydrogens is 271 g/mol. The van der Waals surface area contributed by atoms with Crippen molar-refractivity contribution in [1.82, 2.24) is 0 Å². The molecule has 2 aromatic carbocycles. The van der Waals surface area contributed by atoms with Crippen molar-refractivity contribution >= 4 is 11.6 Å². The van der Waals surface area contributed by atoms with Crippen LogP contribution in [0.15, 0.2) is 42.5 Å². The molecule has 1 amide bonds. The zero-order valence-electron chi connectivity index (χ0n) is 11.7. The Kier molecular flexibility index (Phi) is 4.90. The van der Waals surface area contributed by atoms with Gasteiger partial charge in [0.2, 0.25) is 0 Å². The van der Waals surface area contributed by atoms with Gasteiger partial charge in [-0.25, -0.2) is 4.39 Å². The molecule has 110 valence electrons. The van der Waals surface area contributed by atoms with Gasteiger partial charge in [0, 0.05) is 12.2 Å². The van der Waals surface area contributed by atoms with Crippen LogP contribution in [0.1, 0.15) is 11.1 Å². The second-order valence-corrected chi connectivity index (χ2v) is 4.63. The van der Waals surface area contributed by atoms with E-state index in [-0.39, 0.29) is 18.3 Å². The number of hydrogen-bond donors (Lipinski definition) is 2. The van der Waals surface area contributed by atoms with Crippen molar-refractivity contribution in [3.63, 3.8) is 0 Å². The molecule has 0 fully saturated rings. The summed E-state index contributed by atoms with van der Waals surface area (Å²) in [4.78, 5) is 11.8.